The van der Waals surface area contributed by atoms with E-state index in [9.17, 15) is 9.59 Å². The van der Waals surface area contributed by atoms with Gasteiger partial charge < -0.3 is 19.5 Å². The molecular weight excluding hydrogens is 416 g/mol. The van der Waals surface area contributed by atoms with E-state index in [0.717, 1.165) is 44.2 Å². The van der Waals surface area contributed by atoms with Crippen LogP contribution < -0.4 is 10.1 Å². The maximum atomic E-state index is 12.9. The van der Waals surface area contributed by atoms with E-state index in [-0.39, 0.29) is 24.4 Å². The molecule has 0 bridgehead atoms. The molecule has 0 radical (unpaired) electrons. The van der Waals surface area contributed by atoms with Crippen LogP contribution in [-0.2, 0) is 14.3 Å². The summed E-state index contributed by atoms with van der Waals surface area (Å²) in [6.45, 7) is 6.18. The van der Waals surface area contributed by atoms with Gasteiger partial charge in [0.15, 0.2) is 0 Å². The number of hydrogen-bond donors (Lipinski definition) is 1. The number of nitrogens with zero attached hydrogens (tertiary/aromatic N) is 1. The molecule has 1 saturated heterocycles. The summed E-state index contributed by atoms with van der Waals surface area (Å²) >= 11 is 1.60. The van der Waals surface area contributed by atoms with Gasteiger partial charge in [-0.05, 0) is 61.4 Å². The lowest BCUT2D eigenvalue weighted by atomic mass is 9.97. The van der Waals surface area contributed by atoms with Crippen LogP contribution in [0.1, 0.15) is 23.7 Å². The van der Waals surface area contributed by atoms with E-state index in [4.69, 9.17) is 14.2 Å². The number of amides is 1. The summed E-state index contributed by atoms with van der Waals surface area (Å²) in [5, 5.41) is 2.93. The van der Waals surface area contributed by atoms with Crippen LogP contribution >= 0.6 is 11.8 Å². The molecule has 1 unspecified atom stereocenters. The smallest absolute Gasteiger partial charge is 0.336 e. The van der Waals surface area contributed by atoms with Gasteiger partial charge in [-0.1, -0.05) is 0 Å². The SMILES string of the molecule is CCOC(=O)C1=C(NC(=O)c2ccc(OC)cc2)C=C(SC)C1CCN1CCOCC1. The third-order valence-electron chi connectivity index (χ3n) is 5.44. The van der Waals surface area contributed by atoms with E-state index in [1.54, 1.807) is 50.1 Å². The highest BCUT2D eigenvalue weighted by Gasteiger charge is 2.34. The summed E-state index contributed by atoms with van der Waals surface area (Å²) < 4.78 is 15.9. The standard InChI is InChI=1S/C23H30N2O5S/c1-4-30-23(27)21-18(9-10-25-11-13-29-14-12-25)20(31-3)15-19(21)24-22(26)16-5-7-17(28-2)8-6-16/h5-8,15,18H,4,9-14H2,1-3H3,(H,24,26). The van der Waals surface area contributed by atoms with Crippen molar-refractivity contribution in [3.63, 3.8) is 0 Å². The highest BCUT2D eigenvalue weighted by Crippen LogP contribution is 2.39. The first-order chi connectivity index (χ1) is 15.1. The van der Waals surface area contributed by atoms with Crippen LogP contribution in [0.3, 0.4) is 0 Å². The number of carbonyl (C=O) groups is 2. The van der Waals surface area contributed by atoms with Gasteiger partial charge in [0.2, 0.25) is 0 Å². The molecule has 2 aliphatic rings. The Morgan fingerprint density at radius 1 is 1.23 bits per heavy atom. The second kappa shape index (κ2) is 11.4. The maximum absolute atomic E-state index is 12.9. The third kappa shape index (κ3) is 5.90. The van der Waals surface area contributed by atoms with E-state index < -0.39 is 0 Å². The van der Waals surface area contributed by atoms with Crippen molar-refractivity contribution in [1.29, 1.82) is 0 Å². The molecule has 1 fully saturated rings. The van der Waals surface area contributed by atoms with Crippen molar-refractivity contribution in [2.45, 2.75) is 13.3 Å². The highest BCUT2D eigenvalue weighted by atomic mass is 32.2. The molecule has 0 aromatic heterocycles. The fourth-order valence-electron chi connectivity index (χ4n) is 3.78. The van der Waals surface area contributed by atoms with Crippen LogP contribution in [0.15, 0.2) is 46.5 Å². The molecule has 1 N–H and O–H groups in total. The molecule has 7 nitrogen and oxygen atoms in total. The first-order valence-electron chi connectivity index (χ1n) is 10.5. The zero-order valence-corrected chi connectivity index (χ0v) is 19.1. The predicted molar refractivity (Wildman–Crippen MR) is 121 cm³/mol. The summed E-state index contributed by atoms with van der Waals surface area (Å²) in [5.41, 5.74) is 1.55. The minimum Gasteiger partial charge on any atom is -0.497 e. The molecule has 1 aromatic carbocycles. The number of carbonyl (C=O) groups excluding carboxylic acids is 2. The first kappa shape index (κ1) is 23.4. The number of hydrogen-bond acceptors (Lipinski definition) is 7. The van der Waals surface area contributed by atoms with Crippen LogP contribution in [0.5, 0.6) is 5.75 Å². The Morgan fingerprint density at radius 2 is 1.94 bits per heavy atom. The van der Waals surface area contributed by atoms with Crippen molar-refractivity contribution in [2.75, 3.05) is 52.8 Å². The van der Waals surface area contributed by atoms with E-state index in [0.29, 0.717) is 22.6 Å². The Labute approximate surface area is 187 Å². The topological polar surface area (TPSA) is 77.1 Å². The molecule has 1 aliphatic carbocycles. The average molecular weight is 447 g/mol. The predicted octanol–water partition coefficient (Wildman–Crippen LogP) is 2.84. The number of allylic oxidation sites excluding steroid dienone is 2. The molecule has 1 atom stereocenters. The van der Waals surface area contributed by atoms with Crippen LogP contribution in [0.2, 0.25) is 0 Å². The number of methoxy groups -OCH3 is 1. The van der Waals surface area contributed by atoms with Crippen molar-refractivity contribution >= 4 is 23.6 Å². The molecular formula is C23H30N2O5S. The quantitative estimate of drug-likeness (QED) is 0.585. The van der Waals surface area contributed by atoms with Crippen molar-refractivity contribution in [3.8, 4) is 5.75 Å². The lowest BCUT2D eigenvalue weighted by molar-refractivity contribution is -0.139. The molecule has 8 heteroatoms. The van der Waals surface area contributed by atoms with Gasteiger partial charge in [-0.15, -0.1) is 11.8 Å². The maximum Gasteiger partial charge on any atom is 0.336 e. The molecule has 0 spiro atoms. The largest absolute Gasteiger partial charge is 0.497 e. The number of morpholine rings is 1. The van der Waals surface area contributed by atoms with Gasteiger partial charge in [0, 0.05) is 24.6 Å². The molecule has 168 valence electrons. The summed E-state index contributed by atoms with van der Waals surface area (Å²) in [7, 11) is 1.58. The van der Waals surface area contributed by atoms with Gasteiger partial charge in [0.1, 0.15) is 5.75 Å². The van der Waals surface area contributed by atoms with E-state index in [1.165, 1.54) is 0 Å². The highest BCUT2D eigenvalue weighted by molar-refractivity contribution is 8.02. The van der Waals surface area contributed by atoms with Crippen LogP contribution in [0, 0.1) is 5.92 Å². The van der Waals surface area contributed by atoms with Crippen LogP contribution in [0.4, 0.5) is 0 Å². The van der Waals surface area contributed by atoms with Crippen LogP contribution in [0.25, 0.3) is 0 Å². The average Bonchev–Trinajstić information content (AvgIpc) is 3.15. The Balaban J connectivity index is 1.81. The zero-order chi connectivity index (χ0) is 22.2. The number of rotatable bonds is 9. The zero-order valence-electron chi connectivity index (χ0n) is 18.3. The molecule has 31 heavy (non-hydrogen) atoms. The Kier molecular flexibility index (Phi) is 8.57. The second-order valence-electron chi connectivity index (χ2n) is 7.28. The molecule has 1 amide bonds. The Hall–Kier alpha value is -2.29. The van der Waals surface area contributed by atoms with Gasteiger partial charge in [-0.25, -0.2) is 4.79 Å². The van der Waals surface area contributed by atoms with Gasteiger partial charge in [-0.3, -0.25) is 9.69 Å². The number of nitrogens with one attached hydrogen (secondary N) is 1. The summed E-state index contributed by atoms with van der Waals surface area (Å²) in [4.78, 5) is 29.1. The lowest BCUT2D eigenvalue weighted by Crippen LogP contribution is -2.37. The first-order valence-corrected chi connectivity index (χ1v) is 11.7. The molecule has 1 heterocycles. The van der Waals surface area contributed by atoms with Crippen molar-refractivity contribution < 1.29 is 23.8 Å². The Morgan fingerprint density at radius 3 is 2.55 bits per heavy atom. The van der Waals surface area contributed by atoms with Crippen LogP contribution in [-0.4, -0.2) is 69.6 Å². The molecule has 1 aliphatic heterocycles. The number of ether oxygens (including phenoxy) is 3. The van der Waals surface area contributed by atoms with Crippen molar-refractivity contribution in [2.24, 2.45) is 5.92 Å². The normalized spacial score (nSPS) is 19.2. The number of benzene rings is 1. The lowest BCUT2D eigenvalue weighted by Gasteiger charge is -2.28. The molecule has 1 aromatic rings. The van der Waals surface area contributed by atoms with Crippen molar-refractivity contribution in [1.82, 2.24) is 10.2 Å². The van der Waals surface area contributed by atoms with E-state index in [2.05, 4.69) is 10.2 Å². The second-order valence-corrected chi connectivity index (χ2v) is 8.16. The number of thioether (sulfide) groups is 1. The van der Waals surface area contributed by atoms with Crippen molar-refractivity contribution in [3.05, 3.63) is 52.1 Å². The van der Waals surface area contributed by atoms with Gasteiger partial charge >= 0.3 is 5.97 Å². The third-order valence-corrected chi connectivity index (χ3v) is 6.31. The van der Waals surface area contributed by atoms with Gasteiger partial charge in [-0.2, -0.15) is 0 Å². The fourth-order valence-corrected chi connectivity index (χ4v) is 4.53. The van der Waals surface area contributed by atoms with E-state index >= 15 is 0 Å². The van der Waals surface area contributed by atoms with E-state index in [1.807, 2.05) is 12.3 Å². The molecule has 3 rings (SSSR count). The van der Waals surface area contributed by atoms with Gasteiger partial charge in [0.05, 0.1) is 38.2 Å². The Bertz CT molecular complexity index is 844. The fraction of sp³-hybridized carbons (Fsp3) is 0.478. The summed E-state index contributed by atoms with van der Waals surface area (Å²) in [6, 6.07) is 6.86. The minimum absolute atomic E-state index is 0.0944. The number of esters is 1. The monoisotopic (exact) mass is 446 g/mol. The summed E-state index contributed by atoms with van der Waals surface area (Å²) in [5.74, 6) is -0.0653. The molecule has 0 saturated carbocycles. The summed E-state index contributed by atoms with van der Waals surface area (Å²) in [6.07, 6.45) is 4.68. The minimum atomic E-state index is -0.375. The van der Waals surface area contributed by atoms with Gasteiger partial charge in [0.25, 0.3) is 5.91 Å².